The summed E-state index contributed by atoms with van der Waals surface area (Å²) in [6.45, 7) is 8.29. The molecular formula is C19H23BrF2N6O. The highest BCUT2D eigenvalue weighted by Gasteiger charge is 2.20. The average molecular weight is 469 g/mol. The van der Waals surface area contributed by atoms with Gasteiger partial charge in [-0.1, -0.05) is 0 Å². The van der Waals surface area contributed by atoms with Gasteiger partial charge in [-0.3, -0.25) is 9.48 Å². The molecule has 0 saturated heterocycles. The van der Waals surface area contributed by atoms with E-state index in [2.05, 4.69) is 36.4 Å². The molecule has 1 N–H and O–H groups in total. The molecule has 156 valence electrons. The van der Waals surface area contributed by atoms with E-state index in [1.54, 1.807) is 13.8 Å². The fourth-order valence-electron chi connectivity index (χ4n) is 3.34. The lowest BCUT2D eigenvalue weighted by atomic mass is 10.1. The van der Waals surface area contributed by atoms with Gasteiger partial charge in [-0.05, 0) is 56.1 Å². The van der Waals surface area contributed by atoms with Gasteiger partial charge < -0.3 is 5.32 Å². The van der Waals surface area contributed by atoms with Gasteiger partial charge in [0.25, 0.3) is 6.43 Å². The quantitative estimate of drug-likeness (QED) is 0.535. The second-order valence-corrected chi connectivity index (χ2v) is 7.80. The Bertz CT molecular complexity index is 1060. The highest BCUT2D eigenvalue weighted by atomic mass is 79.9. The number of rotatable bonds is 7. The number of pyridine rings is 1. The molecule has 0 saturated carbocycles. The summed E-state index contributed by atoms with van der Waals surface area (Å²) >= 11 is 3.49. The molecule has 3 rings (SSSR count). The van der Waals surface area contributed by atoms with Crippen LogP contribution in [0.4, 0.5) is 8.78 Å². The maximum atomic E-state index is 13.4. The van der Waals surface area contributed by atoms with Crippen molar-refractivity contribution in [3.63, 3.8) is 0 Å². The van der Waals surface area contributed by atoms with Gasteiger partial charge in [0, 0.05) is 30.0 Å². The van der Waals surface area contributed by atoms with Crippen molar-refractivity contribution in [1.82, 2.24) is 29.9 Å². The number of aromatic nitrogens is 5. The molecule has 10 heteroatoms. The average Bonchev–Trinajstić information content (AvgIpc) is 3.09. The first-order chi connectivity index (χ1) is 13.7. The maximum Gasteiger partial charge on any atom is 0.264 e. The van der Waals surface area contributed by atoms with Crippen molar-refractivity contribution >= 4 is 32.9 Å². The van der Waals surface area contributed by atoms with Crippen molar-refractivity contribution in [3.05, 3.63) is 38.9 Å². The van der Waals surface area contributed by atoms with Crippen molar-refractivity contribution in [2.75, 3.05) is 6.54 Å². The number of hydrogen-bond donors (Lipinski definition) is 1. The van der Waals surface area contributed by atoms with Gasteiger partial charge in [-0.25, -0.2) is 18.4 Å². The summed E-state index contributed by atoms with van der Waals surface area (Å²) in [5.41, 5.74) is 3.08. The molecule has 0 atom stereocenters. The van der Waals surface area contributed by atoms with Crippen LogP contribution in [0.15, 0.2) is 10.5 Å². The second kappa shape index (κ2) is 8.56. The van der Waals surface area contributed by atoms with E-state index in [0.29, 0.717) is 41.9 Å². The molecule has 0 aromatic carbocycles. The second-order valence-electron chi connectivity index (χ2n) is 7.01. The van der Waals surface area contributed by atoms with Gasteiger partial charge in [0.15, 0.2) is 5.65 Å². The van der Waals surface area contributed by atoms with Crippen LogP contribution in [0, 0.1) is 27.7 Å². The van der Waals surface area contributed by atoms with Crippen molar-refractivity contribution in [3.8, 4) is 0 Å². The summed E-state index contributed by atoms with van der Waals surface area (Å²) in [6, 6.07) is 1.36. The topological polar surface area (TPSA) is 77.6 Å². The van der Waals surface area contributed by atoms with E-state index in [4.69, 9.17) is 0 Å². The van der Waals surface area contributed by atoms with Crippen molar-refractivity contribution in [2.45, 2.75) is 53.6 Å². The lowest BCUT2D eigenvalue weighted by molar-refractivity contribution is -0.121. The number of halogens is 3. The Morgan fingerprint density at radius 2 is 1.86 bits per heavy atom. The summed E-state index contributed by atoms with van der Waals surface area (Å²) < 4.78 is 31.0. The summed E-state index contributed by atoms with van der Waals surface area (Å²) in [6.07, 6.45) is -1.91. The van der Waals surface area contributed by atoms with E-state index in [9.17, 15) is 13.6 Å². The molecule has 0 aliphatic rings. The third-order valence-electron chi connectivity index (χ3n) is 4.73. The highest BCUT2D eigenvalue weighted by Crippen LogP contribution is 2.29. The monoisotopic (exact) mass is 468 g/mol. The normalized spacial score (nSPS) is 11.6. The minimum atomic E-state index is -2.63. The molecule has 0 unspecified atom stereocenters. The number of amides is 1. The van der Waals surface area contributed by atoms with Crippen LogP contribution in [-0.4, -0.2) is 37.0 Å². The Balaban J connectivity index is 1.63. The summed E-state index contributed by atoms with van der Waals surface area (Å²) in [5.74, 6) is -0.245. The van der Waals surface area contributed by atoms with Crippen molar-refractivity contribution in [2.24, 2.45) is 0 Å². The number of hydrogen-bond acceptors (Lipinski definition) is 4. The molecule has 0 radical (unpaired) electrons. The number of alkyl halides is 2. The Labute approximate surface area is 175 Å². The molecule has 3 aromatic heterocycles. The zero-order valence-corrected chi connectivity index (χ0v) is 18.3. The molecule has 3 heterocycles. The van der Waals surface area contributed by atoms with Crippen molar-refractivity contribution in [1.29, 1.82) is 0 Å². The molecule has 0 aliphatic carbocycles. The largest absolute Gasteiger partial charge is 0.354 e. The zero-order valence-electron chi connectivity index (χ0n) is 16.8. The molecule has 0 aliphatic heterocycles. The molecule has 3 aromatic rings. The minimum Gasteiger partial charge on any atom is -0.354 e. The van der Waals surface area contributed by atoms with Crippen LogP contribution in [0.1, 0.15) is 41.2 Å². The Morgan fingerprint density at radius 1 is 1.17 bits per heavy atom. The summed E-state index contributed by atoms with van der Waals surface area (Å²) in [4.78, 5) is 16.6. The molecule has 0 spiro atoms. The smallest absolute Gasteiger partial charge is 0.264 e. The van der Waals surface area contributed by atoms with Crippen LogP contribution in [-0.2, 0) is 17.9 Å². The zero-order chi connectivity index (χ0) is 21.3. The van der Waals surface area contributed by atoms with E-state index in [1.807, 2.05) is 18.5 Å². The number of fused-ring (bicyclic) bond motifs is 1. The van der Waals surface area contributed by atoms with Gasteiger partial charge in [-0.2, -0.15) is 10.2 Å². The predicted molar refractivity (Wildman–Crippen MR) is 109 cm³/mol. The van der Waals surface area contributed by atoms with Gasteiger partial charge in [0.05, 0.1) is 21.2 Å². The Morgan fingerprint density at radius 3 is 2.48 bits per heavy atom. The molecule has 29 heavy (non-hydrogen) atoms. The molecular weight excluding hydrogens is 446 g/mol. The van der Waals surface area contributed by atoms with Crippen LogP contribution in [0.5, 0.6) is 0 Å². The Hall–Kier alpha value is -2.36. The van der Waals surface area contributed by atoms with Crippen molar-refractivity contribution < 1.29 is 13.6 Å². The van der Waals surface area contributed by atoms with E-state index in [0.717, 1.165) is 15.9 Å². The van der Waals surface area contributed by atoms with Crippen LogP contribution < -0.4 is 5.32 Å². The number of nitrogens with zero attached hydrogens (tertiary/aromatic N) is 5. The molecule has 7 nitrogen and oxygen atoms in total. The standard InChI is InChI=1S/C19H23BrF2N6O/c1-10-8-14(18(21)22)16-11(2)25-28(19(16)24-10)9-15(29)23-6-5-7-27-13(4)17(20)12(3)26-27/h8,18H,5-7,9H2,1-4H3,(H,23,29). The van der Waals surface area contributed by atoms with Gasteiger partial charge >= 0.3 is 0 Å². The number of carbonyl (C=O) groups excluding carboxylic acids is 1. The summed E-state index contributed by atoms with van der Waals surface area (Å²) in [7, 11) is 0. The van der Waals surface area contributed by atoms with E-state index in [-0.39, 0.29) is 18.0 Å². The lowest BCUT2D eigenvalue weighted by Crippen LogP contribution is -2.29. The van der Waals surface area contributed by atoms with Crippen LogP contribution >= 0.6 is 15.9 Å². The Kier molecular flexibility index (Phi) is 6.30. The molecule has 0 bridgehead atoms. The molecule has 1 amide bonds. The van der Waals surface area contributed by atoms with Gasteiger partial charge in [0.2, 0.25) is 5.91 Å². The maximum absolute atomic E-state index is 13.4. The van der Waals surface area contributed by atoms with Crippen LogP contribution in [0.25, 0.3) is 11.0 Å². The van der Waals surface area contributed by atoms with Crippen LogP contribution in [0.2, 0.25) is 0 Å². The third kappa shape index (κ3) is 4.47. The van der Waals surface area contributed by atoms with Gasteiger partial charge in [-0.15, -0.1) is 0 Å². The third-order valence-corrected chi connectivity index (χ3v) is 5.87. The number of nitrogens with one attached hydrogen (secondary N) is 1. The molecule has 0 fully saturated rings. The first-order valence-electron chi connectivity index (χ1n) is 9.28. The van der Waals surface area contributed by atoms with Crippen LogP contribution in [0.3, 0.4) is 0 Å². The predicted octanol–water partition coefficient (Wildman–Crippen LogP) is 3.77. The van der Waals surface area contributed by atoms with E-state index in [1.165, 1.54) is 10.7 Å². The first kappa shape index (κ1) is 21.4. The number of aryl methyl sites for hydroxylation is 4. The van der Waals surface area contributed by atoms with Gasteiger partial charge in [0.1, 0.15) is 6.54 Å². The van der Waals surface area contributed by atoms with E-state index >= 15 is 0 Å². The fraction of sp³-hybridized carbons (Fsp3) is 0.474. The SMILES string of the molecule is Cc1cc(C(F)F)c2c(C)nn(CC(=O)NCCCn3nc(C)c(Br)c3C)c2n1. The highest BCUT2D eigenvalue weighted by molar-refractivity contribution is 9.10. The first-order valence-corrected chi connectivity index (χ1v) is 10.1. The minimum absolute atomic E-state index is 0.0745. The van der Waals surface area contributed by atoms with E-state index < -0.39 is 6.43 Å². The summed E-state index contributed by atoms with van der Waals surface area (Å²) in [5, 5.41) is 11.8. The number of carbonyl (C=O) groups is 1. The lowest BCUT2D eigenvalue weighted by Gasteiger charge is -2.08. The fourth-order valence-corrected chi connectivity index (χ4v) is 3.63.